The lowest BCUT2D eigenvalue weighted by atomic mass is 10.2. The summed E-state index contributed by atoms with van der Waals surface area (Å²) < 4.78 is 28.7. The molecule has 0 saturated heterocycles. The number of hydrogen-bond acceptors (Lipinski definition) is 8. The summed E-state index contributed by atoms with van der Waals surface area (Å²) in [6, 6.07) is 11.0. The van der Waals surface area contributed by atoms with Crippen molar-refractivity contribution in [3.05, 3.63) is 67.6 Å². The van der Waals surface area contributed by atoms with Crippen molar-refractivity contribution < 1.29 is 13.0 Å². The van der Waals surface area contributed by atoms with Crippen molar-refractivity contribution in [3.8, 4) is 0 Å². The topological polar surface area (TPSA) is 141 Å². The SMILES string of the molecule is Clc1cccc(CNC2=NCCN2)c1Cl.NCc1cccc(Cl)c1Cl.O=S(=O)(O)C1=NCCN1. The molecule has 0 aromatic heterocycles. The van der Waals surface area contributed by atoms with E-state index < -0.39 is 10.1 Å². The number of rotatable bonds is 3. The minimum absolute atomic E-state index is 0.317. The van der Waals surface area contributed by atoms with E-state index in [-0.39, 0.29) is 5.17 Å². The van der Waals surface area contributed by atoms with E-state index in [1.165, 1.54) is 0 Å². The molecule has 2 aromatic rings. The lowest BCUT2D eigenvalue weighted by Crippen LogP contribution is -2.33. The van der Waals surface area contributed by atoms with Gasteiger partial charge in [-0.3, -0.25) is 14.5 Å². The van der Waals surface area contributed by atoms with Gasteiger partial charge in [-0.15, -0.1) is 0 Å². The molecular weight excluding hydrogens is 546 g/mol. The molecule has 9 nitrogen and oxygen atoms in total. The Morgan fingerprint density at radius 2 is 1.47 bits per heavy atom. The predicted molar refractivity (Wildman–Crippen MR) is 140 cm³/mol. The van der Waals surface area contributed by atoms with E-state index in [4.69, 9.17) is 56.7 Å². The molecule has 0 aliphatic carbocycles. The first kappa shape index (κ1) is 28.4. The van der Waals surface area contributed by atoms with E-state index in [0.29, 0.717) is 46.3 Å². The maximum absolute atomic E-state index is 10.2. The molecule has 0 unspecified atom stereocenters. The average molecular weight is 570 g/mol. The summed E-state index contributed by atoms with van der Waals surface area (Å²) in [4.78, 5) is 7.70. The lowest BCUT2D eigenvalue weighted by Gasteiger charge is -2.08. The van der Waals surface area contributed by atoms with Gasteiger partial charge < -0.3 is 21.7 Å². The smallest absolute Gasteiger partial charge is 0.327 e. The quantitative estimate of drug-likeness (QED) is 0.357. The number of nitrogens with zero attached hydrogens (tertiary/aromatic N) is 2. The second-order valence-electron chi connectivity index (χ2n) is 6.73. The van der Waals surface area contributed by atoms with Crippen LogP contribution in [0.4, 0.5) is 0 Å². The van der Waals surface area contributed by atoms with Gasteiger partial charge in [0.1, 0.15) is 0 Å². The molecule has 2 aliphatic heterocycles. The van der Waals surface area contributed by atoms with Crippen molar-refractivity contribution in [2.75, 3.05) is 26.2 Å². The zero-order valence-corrected chi connectivity index (χ0v) is 21.7. The van der Waals surface area contributed by atoms with E-state index in [1.807, 2.05) is 24.3 Å². The van der Waals surface area contributed by atoms with Crippen LogP contribution in [0.1, 0.15) is 11.1 Å². The molecule has 6 N–H and O–H groups in total. The predicted octanol–water partition coefficient (Wildman–Crippen LogP) is 3.33. The van der Waals surface area contributed by atoms with Crippen LogP contribution in [0.3, 0.4) is 0 Å². The molecule has 4 rings (SSSR count). The van der Waals surface area contributed by atoms with Crippen LogP contribution in [0.25, 0.3) is 0 Å². The number of nitrogens with two attached hydrogens (primary N) is 1. The van der Waals surface area contributed by atoms with E-state index in [0.717, 1.165) is 30.2 Å². The third-order valence-electron chi connectivity index (χ3n) is 4.29. The van der Waals surface area contributed by atoms with Crippen LogP contribution in [0.2, 0.25) is 20.1 Å². The Hall–Kier alpha value is -1.79. The monoisotopic (exact) mass is 568 g/mol. The maximum atomic E-state index is 10.2. The largest absolute Gasteiger partial charge is 0.357 e. The number of amidine groups is 1. The highest BCUT2D eigenvalue weighted by molar-refractivity contribution is 8.01. The molecule has 186 valence electrons. The molecule has 14 heteroatoms. The Kier molecular flexibility index (Phi) is 11.7. The zero-order valence-electron chi connectivity index (χ0n) is 17.9. The number of guanidine groups is 1. The highest BCUT2D eigenvalue weighted by Crippen LogP contribution is 2.25. The van der Waals surface area contributed by atoms with Crippen LogP contribution in [-0.4, -0.2) is 50.3 Å². The van der Waals surface area contributed by atoms with Crippen molar-refractivity contribution in [2.24, 2.45) is 15.7 Å². The Morgan fingerprint density at radius 3 is 1.91 bits per heavy atom. The number of benzene rings is 2. The molecule has 0 amide bonds. The van der Waals surface area contributed by atoms with Gasteiger partial charge in [-0.1, -0.05) is 70.7 Å². The fourth-order valence-electron chi connectivity index (χ4n) is 2.64. The van der Waals surface area contributed by atoms with Gasteiger partial charge in [-0.2, -0.15) is 8.42 Å². The molecule has 0 bridgehead atoms. The van der Waals surface area contributed by atoms with Crippen LogP contribution >= 0.6 is 46.4 Å². The maximum Gasteiger partial charge on any atom is 0.327 e. The zero-order chi connectivity index (χ0) is 25.1. The van der Waals surface area contributed by atoms with Crippen LogP contribution in [-0.2, 0) is 23.2 Å². The van der Waals surface area contributed by atoms with Gasteiger partial charge >= 0.3 is 10.1 Å². The summed E-state index contributed by atoms with van der Waals surface area (Å²) in [5.74, 6) is 0.825. The molecule has 2 heterocycles. The first-order valence-electron chi connectivity index (χ1n) is 9.97. The number of halogens is 4. The molecule has 2 aliphatic rings. The van der Waals surface area contributed by atoms with Crippen molar-refractivity contribution in [3.63, 3.8) is 0 Å². The van der Waals surface area contributed by atoms with E-state index >= 15 is 0 Å². The second-order valence-corrected chi connectivity index (χ2v) is 9.64. The van der Waals surface area contributed by atoms with Gasteiger partial charge in [0.2, 0.25) is 5.17 Å². The Labute approximate surface area is 218 Å². The normalized spacial score (nSPS) is 14.4. The standard InChI is InChI=1S/C10H11Cl2N3.C7H7Cl2N.C3H6N2O3S/c11-8-3-1-2-7(9(8)12)6-15-10-13-4-5-14-10;8-6-3-1-2-5(4-10)7(6)9;6-9(7,8)3-4-1-2-5-3/h1-3H,4-6H2,(H2,13,14,15);1-3H,4,10H2;1-2H2,(H,4,5)(H,6,7,8). The van der Waals surface area contributed by atoms with Crippen LogP contribution in [0.15, 0.2) is 46.4 Å². The van der Waals surface area contributed by atoms with Gasteiger partial charge in [0.25, 0.3) is 0 Å². The summed E-state index contributed by atoms with van der Waals surface area (Å²) in [6.07, 6.45) is 0. The molecule has 0 fully saturated rings. The number of hydrogen-bond donors (Lipinski definition) is 5. The molecule has 0 radical (unpaired) electrons. The molecule has 0 saturated carbocycles. The first-order valence-corrected chi connectivity index (χ1v) is 12.9. The van der Waals surface area contributed by atoms with Crippen molar-refractivity contribution in [1.29, 1.82) is 0 Å². The van der Waals surface area contributed by atoms with Gasteiger partial charge in [-0.25, -0.2) is 0 Å². The van der Waals surface area contributed by atoms with E-state index in [2.05, 4.69) is 25.9 Å². The minimum atomic E-state index is -4.06. The highest BCUT2D eigenvalue weighted by atomic mass is 35.5. The lowest BCUT2D eigenvalue weighted by molar-refractivity contribution is 0.497. The summed E-state index contributed by atoms with van der Waals surface area (Å²) in [6.45, 7) is 3.67. The fourth-order valence-corrected chi connectivity index (χ4v) is 3.96. The summed E-state index contributed by atoms with van der Waals surface area (Å²) >= 11 is 23.4. The Morgan fingerprint density at radius 1 is 0.912 bits per heavy atom. The molecule has 0 atom stereocenters. The first-order chi connectivity index (χ1) is 16.1. The molecule has 34 heavy (non-hydrogen) atoms. The van der Waals surface area contributed by atoms with Crippen LogP contribution in [0.5, 0.6) is 0 Å². The number of nitrogens with one attached hydrogen (secondary N) is 3. The van der Waals surface area contributed by atoms with E-state index in [1.54, 1.807) is 12.1 Å². The Bertz CT molecular complexity index is 1150. The second kappa shape index (κ2) is 13.9. The summed E-state index contributed by atoms with van der Waals surface area (Å²) in [7, 11) is -4.06. The van der Waals surface area contributed by atoms with Crippen molar-refractivity contribution >= 4 is 67.6 Å². The Balaban J connectivity index is 0.000000189. The highest BCUT2D eigenvalue weighted by Gasteiger charge is 2.17. The molecular formula is C20H24Cl4N6O3S. The molecule has 2 aromatic carbocycles. The summed E-state index contributed by atoms with van der Waals surface area (Å²) in [5.41, 5.74) is 7.23. The minimum Gasteiger partial charge on any atom is -0.357 e. The van der Waals surface area contributed by atoms with Crippen LogP contribution in [0, 0.1) is 0 Å². The fraction of sp³-hybridized carbons (Fsp3) is 0.300. The summed E-state index contributed by atoms with van der Waals surface area (Å²) in [5, 5.41) is 10.7. The van der Waals surface area contributed by atoms with Crippen molar-refractivity contribution in [2.45, 2.75) is 13.1 Å². The van der Waals surface area contributed by atoms with Gasteiger partial charge in [0, 0.05) is 26.2 Å². The average Bonchev–Trinajstić information content (AvgIpc) is 3.52. The van der Waals surface area contributed by atoms with Gasteiger partial charge in [0.15, 0.2) is 5.96 Å². The van der Waals surface area contributed by atoms with E-state index in [9.17, 15) is 8.42 Å². The molecule has 0 spiro atoms. The third kappa shape index (κ3) is 9.10. The van der Waals surface area contributed by atoms with Crippen LogP contribution < -0.4 is 21.7 Å². The van der Waals surface area contributed by atoms with Gasteiger partial charge in [0.05, 0.1) is 33.2 Å². The van der Waals surface area contributed by atoms with Crippen molar-refractivity contribution in [1.82, 2.24) is 16.0 Å². The van der Waals surface area contributed by atoms with Gasteiger partial charge in [-0.05, 0) is 23.3 Å². The third-order valence-corrected chi connectivity index (χ3v) is 6.77. The number of aliphatic imine (C=N–C) groups is 2.